The summed E-state index contributed by atoms with van der Waals surface area (Å²) in [5.74, 6) is 0.489. The van der Waals surface area contributed by atoms with Gasteiger partial charge in [-0.3, -0.25) is 4.40 Å². The third kappa shape index (κ3) is 1.61. The molecule has 4 heteroatoms. The van der Waals surface area contributed by atoms with E-state index in [0.29, 0.717) is 12.5 Å². The second kappa shape index (κ2) is 3.75. The highest BCUT2D eigenvalue weighted by atomic mass is 15.2. The van der Waals surface area contributed by atoms with Gasteiger partial charge in [0.25, 0.3) is 0 Å². The lowest BCUT2D eigenvalue weighted by molar-refractivity contribution is 0.580. The third-order valence-electron chi connectivity index (χ3n) is 2.38. The van der Waals surface area contributed by atoms with E-state index in [1.807, 2.05) is 16.5 Å². The van der Waals surface area contributed by atoms with Crippen molar-refractivity contribution in [2.45, 2.75) is 13.3 Å². The maximum Gasteiger partial charge on any atom is 0.160 e. The summed E-state index contributed by atoms with van der Waals surface area (Å²) >= 11 is 0. The summed E-state index contributed by atoms with van der Waals surface area (Å²) in [6.07, 6.45) is 2.71. The van der Waals surface area contributed by atoms with Gasteiger partial charge in [-0.25, -0.2) is 0 Å². The fraction of sp³-hybridized carbons (Fsp3) is 0.400. The molecule has 2 aromatic rings. The Morgan fingerprint density at radius 1 is 1.50 bits per heavy atom. The Kier molecular flexibility index (Phi) is 2.45. The fourth-order valence-electron chi connectivity index (χ4n) is 1.51. The highest BCUT2D eigenvalue weighted by molar-refractivity contribution is 5.38. The van der Waals surface area contributed by atoms with Gasteiger partial charge in [0.05, 0.1) is 0 Å². The van der Waals surface area contributed by atoms with Gasteiger partial charge < -0.3 is 5.73 Å². The van der Waals surface area contributed by atoms with Crippen molar-refractivity contribution in [3.8, 4) is 0 Å². The molecule has 0 amide bonds. The van der Waals surface area contributed by atoms with Crippen LogP contribution in [0.5, 0.6) is 0 Å². The number of nitrogens with zero attached hydrogens (tertiary/aromatic N) is 3. The van der Waals surface area contributed by atoms with Gasteiger partial charge in [-0.2, -0.15) is 0 Å². The van der Waals surface area contributed by atoms with E-state index in [1.165, 1.54) is 5.69 Å². The molecule has 2 rings (SSSR count). The van der Waals surface area contributed by atoms with Crippen molar-refractivity contribution in [3.05, 3.63) is 30.2 Å². The average Bonchev–Trinajstić information content (AvgIpc) is 2.66. The zero-order valence-electron chi connectivity index (χ0n) is 8.22. The Morgan fingerprint density at radius 2 is 2.36 bits per heavy atom. The van der Waals surface area contributed by atoms with Crippen LogP contribution in [-0.4, -0.2) is 21.1 Å². The number of hydrogen-bond acceptors (Lipinski definition) is 3. The predicted octanol–water partition coefficient (Wildman–Crippen LogP) is 0.867. The molecule has 74 valence electrons. The number of fused-ring (bicyclic) bond motifs is 1. The SMILES string of the molecule is CC(CN)Cc1cccc2nncn12. The summed E-state index contributed by atoms with van der Waals surface area (Å²) in [4.78, 5) is 0. The minimum Gasteiger partial charge on any atom is -0.330 e. The zero-order chi connectivity index (χ0) is 9.97. The van der Waals surface area contributed by atoms with Gasteiger partial charge in [-0.05, 0) is 31.0 Å². The van der Waals surface area contributed by atoms with Crippen LogP contribution in [0.3, 0.4) is 0 Å². The largest absolute Gasteiger partial charge is 0.330 e. The minimum absolute atomic E-state index is 0.489. The van der Waals surface area contributed by atoms with Crippen LogP contribution in [-0.2, 0) is 6.42 Å². The number of hydrogen-bond donors (Lipinski definition) is 1. The average molecular weight is 190 g/mol. The first-order chi connectivity index (χ1) is 6.81. The highest BCUT2D eigenvalue weighted by Crippen LogP contribution is 2.09. The van der Waals surface area contributed by atoms with E-state index in [4.69, 9.17) is 5.73 Å². The van der Waals surface area contributed by atoms with Gasteiger partial charge in [-0.15, -0.1) is 10.2 Å². The van der Waals surface area contributed by atoms with Gasteiger partial charge in [0.15, 0.2) is 5.65 Å². The molecule has 14 heavy (non-hydrogen) atoms. The molecule has 2 N–H and O–H groups in total. The van der Waals surface area contributed by atoms with E-state index in [1.54, 1.807) is 6.33 Å². The molecule has 0 bridgehead atoms. The van der Waals surface area contributed by atoms with Crippen LogP contribution in [0.1, 0.15) is 12.6 Å². The van der Waals surface area contributed by atoms with Crippen molar-refractivity contribution in [2.24, 2.45) is 11.7 Å². The number of rotatable bonds is 3. The van der Waals surface area contributed by atoms with E-state index >= 15 is 0 Å². The first-order valence-electron chi connectivity index (χ1n) is 4.79. The molecule has 0 saturated carbocycles. The maximum absolute atomic E-state index is 5.60. The van der Waals surface area contributed by atoms with Crippen LogP contribution >= 0.6 is 0 Å². The highest BCUT2D eigenvalue weighted by Gasteiger charge is 2.05. The van der Waals surface area contributed by atoms with E-state index in [9.17, 15) is 0 Å². The molecular formula is C10H14N4. The van der Waals surface area contributed by atoms with Crippen molar-refractivity contribution in [1.29, 1.82) is 0 Å². The second-order valence-corrected chi connectivity index (χ2v) is 3.62. The van der Waals surface area contributed by atoms with Crippen molar-refractivity contribution >= 4 is 5.65 Å². The molecule has 0 spiro atoms. The fourth-order valence-corrected chi connectivity index (χ4v) is 1.51. The molecule has 0 aliphatic heterocycles. The Labute approximate surface area is 82.8 Å². The molecule has 0 radical (unpaired) electrons. The Balaban J connectivity index is 2.36. The zero-order valence-corrected chi connectivity index (χ0v) is 8.22. The van der Waals surface area contributed by atoms with E-state index < -0.39 is 0 Å². The molecule has 0 aliphatic carbocycles. The number of pyridine rings is 1. The lowest BCUT2D eigenvalue weighted by Gasteiger charge is -2.09. The molecule has 4 nitrogen and oxygen atoms in total. The van der Waals surface area contributed by atoms with Crippen molar-refractivity contribution in [1.82, 2.24) is 14.6 Å². The minimum atomic E-state index is 0.489. The number of aromatic nitrogens is 3. The molecule has 1 atom stereocenters. The quantitative estimate of drug-likeness (QED) is 0.781. The maximum atomic E-state index is 5.60. The van der Waals surface area contributed by atoms with Gasteiger partial charge in [-0.1, -0.05) is 13.0 Å². The van der Waals surface area contributed by atoms with Crippen LogP contribution in [0.25, 0.3) is 5.65 Å². The van der Waals surface area contributed by atoms with Gasteiger partial charge in [0.2, 0.25) is 0 Å². The van der Waals surface area contributed by atoms with Crippen molar-refractivity contribution in [3.63, 3.8) is 0 Å². The monoisotopic (exact) mass is 190 g/mol. The second-order valence-electron chi connectivity index (χ2n) is 3.62. The summed E-state index contributed by atoms with van der Waals surface area (Å²) < 4.78 is 2.01. The first-order valence-corrected chi connectivity index (χ1v) is 4.79. The Morgan fingerprint density at radius 3 is 3.14 bits per heavy atom. The van der Waals surface area contributed by atoms with E-state index in [-0.39, 0.29) is 0 Å². The van der Waals surface area contributed by atoms with Gasteiger partial charge in [0.1, 0.15) is 6.33 Å². The standard InChI is InChI=1S/C10H14N4/c1-8(6-11)5-9-3-2-4-10-13-12-7-14(9)10/h2-4,7-8H,5-6,11H2,1H3. The van der Waals surface area contributed by atoms with E-state index in [2.05, 4.69) is 23.2 Å². The van der Waals surface area contributed by atoms with Crippen molar-refractivity contribution < 1.29 is 0 Å². The molecule has 2 heterocycles. The molecule has 1 unspecified atom stereocenters. The van der Waals surface area contributed by atoms with Crippen LogP contribution in [0.15, 0.2) is 24.5 Å². The third-order valence-corrected chi connectivity index (χ3v) is 2.38. The molecule has 2 aromatic heterocycles. The lowest BCUT2D eigenvalue weighted by Crippen LogP contribution is -2.14. The molecule has 0 aliphatic rings. The Bertz CT molecular complexity index is 421. The summed E-state index contributed by atoms with van der Waals surface area (Å²) in [5.41, 5.74) is 7.71. The summed E-state index contributed by atoms with van der Waals surface area (Å²) in [6, 6.07) is 6.04. The molecule has 0 saturated heterocycles. The van der Waals surface area contributed by atoms with E-state index in [0.717, 1.165) is 12.1 Å². The van der Waals surface area contributed by atoms with Gasteiger partial charge >= 0.3 is 0 Å². The predicted molar refractivity (Wildman–Crippen MR) is 54.9 cm³/mol. The summed E-state index contributed by atoms with van der Waals surface area (Å²) in [5, 5.41) is 7.87. The summed E-state index contributed by atoms with van der Waals surface area (Å²) in [7, 11) is 0. The molecule has 0 fully saturated rings. The van der Waals surface area contributed by atoms with Gasteiger partial charge in [0, 0.05) is 5.69 Å². The topological polar surface area (TPSA) is 56.2 Å². The van der Waals surface area contributed by atoms with Crippen molar-refractivity contribution in [2.75, 3.05) is 6.54 Å². The molecule has 0 aromatic carbocycles. The lowest BCUT2D eigenvalue weighted by atomic mass is 10.1. The van der Waals surface area contributed by atoms with Crippen LogP contribution in [0, 0.1) is 5.92 Å². The van der Waals surface area contributed by atoms with Crippen LogP contribution in [0.2, 0.25) is 0 Å². The number of nitrogens with two attached hydrogens (primary N) is 1. The first kappa shape index (κ1) is 9.15. The van der Waals surface area contributed by atoms with Crippen LogP contribution < -0.4 is 5.73 Å². The summed E-state index contributed by atoms with van der Waals surface area (Å²) in [6.45, 7) is 2.85. The Hall–Kier alpha value is -1.42. The molecular weight excluding hydrogens is 176 g/mol. The van der Waals surface area contributed by atoms with Crippen LogP contribution in [0.4, 0.5) is 0 Å². The smallest absolute Gasteiger partial charge is 0.160 e. The normalized spacial score (nSPS) is 13.3.